The third-order valence-electron chi connectivity index (χ3n) is 21.7. The number of anilines is 5. The molecule has 0 unspecified atom stereocenters. The van der Waals surface area contributed by atoms with Crippen molar-refractivity contribution in [3.63, 3.8) is 0 Å². The zero-order chi connectivity index (χ0) is 53.4. The lowest BCUT2D eigenvalue weighted by Crippen LogP contribution is -2.62. The van der Waals surface area contributed by atoms with Gasteiger partial charge >= 0.3 is 6.85 Å². The van der Waals surface area contributed by atoms with E-state index in [4.69, 9.17) is 4.42 Å². The second kappa shape index (κ2) is 15.1. The molecule has 0 bridgehead atoms. The van der Waals surface area contributed by atoms with Crippen LogP contribution >= 0.6 is 0 Å². The first kappa shape index (κ1) is 48.6. The van der Waals surface area contributed by atoms with Crippen molar-refractivity contribution in [2.75, 3.05) is 9.71 Å². The first-order valence-corrected chi connectivity index (χ1v) is 29.3. The molecule has 3 heterocycles. The Hall–Kier alpha value is -5.74. The zero-order valence-corrected chi connectivity index (χ0v) is 48.9. The van der Waals surface area contributed by atoms with Crippen molar-refractivity contribution in [1.29, 1.82) is 0 Å². The Kier molecular flexibility index (Phi) is 9.65. The van der Waals surface area contributed by atoms with Gasteiger partial charge in [-0.2, -0.15) is 0 Å². The van der Waals surface area contributed by atoms with Crippen molar-refractivity contribution in [2.45, 2.75) is 205 Å². The summed E-state index contributed by atoms with van der Waals surface area (Å²) < 4.78 is 7.62. The summed E-state index contributed by atoms with van der Waals surface area (Å²) in [6.07, 6.45) is 9.37. The average molecular weight is 1000 g/mol. The molecule has 0 radical (unpaired) electrons. The molecule has 4 heteroatoms. The van der Waals surface area contributed by atoms with E-state index in [2.05, 4.69) is 224 Å². The number of hydrogen-bond acceptors (Lipinski definition) is 3. The van der Waals surface area contributed by atoms with Crippen LogP contribution in [0.2, 0.25) is 0 Å². The molecule has 0 atom stereocenters. The quantitative estimate of drug-likeness (QED) is 0.161. The van der Waals surface area contributed by atoms with Crippen LogP contribution in [0.4, 0.5) is 28.4 Å². The Bertz CT molecular complexity index is 3870. The van der Waals surface area contributed by atoms with Gasteiger partial charge in [0.25, 0.3) is 0 Å². The van der Waals surface area contributed by atoms with Crippen molar-refractivity contribution in [3.8, 4) is 11.1 Å². The summed E-state index contributed by atoms with van der Waals surface area (Å²) >= 11 is 0. The third kappa shape index (κ3) is 6.60. The van der Waals surface area contributed by atoms with E-state index in [9.17, 15) is 0 Å². The average Bonchev–Trinajstić information content (AvgIpc) is 3.89. The number of hydrogen-bond donors (Lipinski definition) is 0. The van der Waals surface area contributed by atoms with Crippen LogP contribution in [0.25, 0.3) is 43.8 Å². The largest absolute Gasteiger partial charge is 0.455 e. The Labute approximate surface area is 455 Å². The number of benzene rings is 7. The molecule has 8 aromatic rings. The van der Waals surface area contributed by atoms with Crippen molar-refractivity contribution < 1.29 is 4.42 Å². The van der Waals surface area contributed by atoms with Gasteiger partial charge in [-0.05, 0) is 227 Å². The van der Waals surface area contributed by atoms with E-state index in [0.29, 0.717) is 0 Å². The molecule has 0 amide bonds. The topological polar surface area (TPSA) is 19.6 Å². The minimum absolute atomic E-state index is 0.0141. The molecule has 0 saturated carbocycles. The maximum atomic E-state index is 7.62. The molecule has 76 heavy (non-hydrogen) atoms. The van der Waals surface area contributed by atoms with Gasteiger partial charge in [0, 0.05) is 44.8 Å². The molecule has 0 fully saturated rings. The normalized spacial score (nSPS) is 22.0. The Morgan fingerprint density at radius 3 is 1.42 bits per heavy atom. The molecule has 6 aliphatic rings. The van der Waals surface area contributed by atoms with Crippen molar-refractivity contribution >= 4 is 78.9 Å². The van der Waals surface area contributed by atoms with Gasteiger partial charge in [0.05, 0.1) is 0 Å². The maximum absolute atomic E-state index is 7.62. The molecule has 388 valence electrons. The summed E-state index contributed by atoms with van der Waals surface area (Å²) in [4.78, 5) is 5.52. The second-order valence-corrected chi connectivity index (χ2v) is 30.3. The number of furan rings is 1. The lowest BCUT2D eigenvalue weighted by atomic mass is 9.42. The van der Waals surface area contributed by atoms with E-state index in [1.54, 1.807) is 0 Å². The van der Waals surface area contributed by atoms with E-state index in [0.717, 1.165) is 36.8 Å². The molecule has 3 nitrogen and oxygen atoms in total. The fraction of sp³-hybridized carbons (Fsp3) is 0.444. The summed E-state index contributed by atoms with van der Waals surface area (Å²) in [5, 5.41) is 4.97. The van der Waals surface area contributed by atoms with Gasteiger partial charge in [0.1, 0.15) is 11.2 Å². The predicted octanol–water partition coefficient (Wildman–Crippen LogP) is 18.8. The highest BCUT2D eigenvalue weighted by Gasteiger charge is 2.50. The molecule has 0 N–H and O–H groups in total. The highest BCUT2D eigenvalue weighted by atomic mass is 16.3. The lowest BCUT2D eigenvalue weighted by molar-refractivity contribution is 0.332. The molecule has 0 spiro atoms. The first-order valence-electron chi connectivity index (χ1n) is 29.3. The van der Waals surface area contributed by atoms with E-state index in [-0.39, 0.29) is 50.2 Å². The minimum Gasteiger partial charge on any atom is -0.455 e. The summed E-state index contributed by atoms with van der Waals surface area (Å²) in [7, 11) is 0. The van der Waals surface area contributed by atoms with Crippen LogP contribution in [0, 0.1) is 0 Å². The standard InChI is InChI=1S/C72H81BN2O/c1-65(2)27-29-67(5,6)50-36-43(21-24-48(50)65)74-58-40-54-53(70(11,12)32-33-71(54,13)14)39-56(58)73-63-59(74)35-42-19-17-18-20-45(42)61(63)62-57(75(73)44-22-25-49-51(37-44)68(7,8)30-28-66(49,3)4)26-23-46-47-38-52-55(41-60(47)76-64(46)62)72(15,16)34-31-69(52,9)10/h17-26,35-41H,27-34H2,1-16H3. The maximum Gasteiger partial charge on any atom is 0.333 e. The number of nitrogens with zero attached hydrogens (tertiary/aromatic N) is 2. The summed E-state index contributed by atoms with van der Waals surface area (Å²) in [6.45, 7) is 39.4. The molecule has 1 aromatic heterocycles. The van der Waals surface area contributed by atoms with Gasteiger partial charge < -0.3 is 14.1 Å². The van der Waals surface area contributed by atoms with E-state index in [1.807, 2.05) is 0 Å². The molecule has 7 aromatic carbocycles. The Morgan fingerprint density at radius 1 is 0.368 bits per heavy atom. The number of fused-ring (bicyclic) bond motifs is 14. The van der Waals surface area contributed by atoms with Gasteiger partial charge in [-0.15, -0.1) is 0 Å². The van der Waals surface area contributed by atoms with Crippen molar-refractivity contribution in [1.82, 2.24) is 0 Å². The van der Waals surface area contributed by atoms with Crippen LogP contribution in [0.3, 0.4) is 0 Å². The van der Waals surface area contributed by atoms with Crippen LogP contribution in [0.5, 0.6) is 0 Å². The van der Waals surface area contributed by atoms with Crippen LogP contribution in [0.15, 0.2) is 108 Å². The van der Waals surface area contributed by atoms with Gasteiger partial charge in [-0.25, -0.2) is 0 Å². The third-order valence-corrected chi connectivity index (χ3v) is 21.7. The lowest BCUT2D eigenvalue weighted by Gasteiger charge is -2.49. The fourth-order valence-electron chi connectivity index (χ4n) is 16.1. The van der Waals surface area contributed by atoms with Gasteiger partial charge in [-0.3, -0.25) is 0 Å². The zero-order valence-electron chi connectivity index (χ0n) is 48.9. The van der Waals surface area contributed by atoms with Crippen molar-refractivity contribution in [2.24, 2.45) is 0 Å². The summed E-state index contributed by atoms with van der Waals surface area (Å²) in [5.74, 6) is 0. The smallest absolute Gasteiger partial charge is 0.333 e. The van der Waals surface area contributed by atoms with Crippen molar-refractivity contribution in [3.05, 3.63) is 148 Å². The fourth-order valence-corrected chi connectivity index (χ4v) is 16.1. The van der Waals surface area contributed by atoms with Crippen LogP contribution < -0.4 is 20.6 Å². The van der Waals surface area contributed by atoms with Gasteiger partial charge in [0.15, 0.2) is 0 Å². The monoisotopic (exact) mass is 1000 g/mol. The number of rotatable bonds is 2. The summed E-state index contributed by atoms with van der Waals surface area (Å²) in [6, 6.07) is 42.3. The van der Waals surface area contributed by atoms with E-state index >= 15 is 0 Å². The van der Waals surface area contributed by atoms with Gasteiger partial charge in [-0.1, -0.05) is 153 Å². The Morgan fingerprint density at radius 2 is 0.842 bits per heavy atom. The van der Waals surface area contributed by atoms with Crippen LogP contribution in [-0.4, -0.2) is 6.85 Å². The molecule has 14 rings (SSSR count). The van der Waals surface area contributed by atoms with Gasteiger partial charge in [0.2, 0.25) is 0 Å². The minimum atomic E-state index is -0.124. The SMILES string of the molecule is CC1(C)CCC(C)(C)c2cc(N3B4c5cc6c(cc5N(c5ccc7c(c5)C(C)(C)CCC7(C)C)c5cc7ccccc7c(c54)-c4c3ccc3c4oc4cc5c(cc43)C(C)(C)CCC5(C)C)C(C)(C)CCC6(C)C)ccc21. The van der Waals surface area contributed by atoms with E-state index in [1.165, 1.54) is 142 Å². The van der Waals surface area contributed by atoms with E-state index < -0.39 is 0 Å². The molecule has 2 aliphatic heterocycles. The molecule has 4 aliphatic carbocycles. The molecular weight excluding hydrogens is 920 g/mol. The Balaban J connectivity index is 1.15. The second-order valence-electron chi connectivity index (χ2n) is 30.3. The highest BCUT2D eigenvalue weighted by Crippen LogP contribution is 2.58. The molecule has 0 saturated heterocycles. The predicted molar refractivity (Wildman–Crippen MR) is 326 cm³/mol. The van der Waals surface area contributed by atoms with Crippen LogP contribution in [-0.2, 0) is 43.3 Å². The first-order chi connectivity index (χ1) is 35.6. The van der Waals surface area contributed by atoms with Crippen LogP contribution in [0.1, 0.15) is 207 Å². The highest BCUT2D eigenvalue weighted by molar-refractivity contribution is 6.94. The molecular formula is C72H81BN2O. The summed E-state index contributed by atoms with van der Waals surface area (Å²) in [5.41, 5.74) is 25.9.